The van der Waals surface area contributed by atoms with Crippen molar-refractivity contribution < 1.29 is 8.81 Å². The molecule has 0 unspecified atom stereocenters. The van der Waals surface area contributed by atoms with E-state index in [0.29, 0.717) is 17.4 Å². The van der Waals surface area contributed by atoms with Crippen molar-refractivity contribution in [1.82, 2.24) is 19.5 Å². The van der Waals surface area contributed by atoms with Crippen LogP contribution >= 0.6 is 0 Å². The second-order valence-electron chi connectivity index (χ2n) is 13.7. The minimum absolute atomic E-state index is 0.256. The minimum Gasteiger partial charge on any atom is -0.423 e. The zero-order chi connectivity index (χ0) is 33.5. The van der Waals surface area contributed by atoms with Crippen LogP contribution in [0, 0.1) is 31.5 Å². The van der Waals surface area contributed by atoms with Crippen LogP contribution < -0.4 is 11.1 Å². The van der Waals surface area contributed by atoms with E-state index in [0.717, 1.165) is 63.5 Å². The zero-order valence-electron chi connectivity index (χ0n) is 29.2. The summed E-state index contributed by atoms with van der Waals surface area (Å²) >= 11 is 0. The number of oxazole rings is 1. The van der Waals surface area contributed by atoms with Gasteiger partial charge >= 0.3 is 0 Å². The number of anilines is 3. The van der Waals surface area contributed by atoms with Crippen molar-refractivity contribution in [1.29, 1.82) is 0 Å². The zero-order valence-corrected chi connectivity index (χ0v) is 29.2. The number of halogens is 1. The van der Waals surface area contributed by atoms with Crippen molar-refractivity contribution in [3.05, 3.63) is 59.8 Å². The molecule has 2 aliphatic rings. The number of nitrogens with one attached hydrogen (secondary N) is 1. The fraction of sp³-hybridized carbons (Fsp3) is 0.513. The van der Waals surface area contributed by atoms with Gasteiger partial charge in [0.15, 0.2) is 5.58 Å². The van der Waals surface area contributed by atoms with Crippen LogP contribution in [0.15, 0.2) is 47.3 Å². The molecule has 0 radical (unpaired) electrons. The number of benzene rings is 2. The third-order valence-corrected chi connectivity index (χ3v) is 9.52. The smallest absolute Gasteiger partial charge is 0.300 e. The Morgan fingerprint density at radius 1 is 0.957 bits per heavy atom. The van der Waals surface area contributed by atoms with E-state index in [9.17, 15) is 0 Å². The number of fused-ring (bicyclic) bond motifs is 2. The van der Waals surface area contributed by atoms with Crippen molar-refractivity contribution in [2.24, 2.45) is 11.8 Å². The van der Waals surface area contributed by atoms with Gasteiger partial charge in [-0.05, 0) is 86.3 Å². The molecule has 0 saturated heterocycles. The molecule has 7 rings (SSSR count). The van der Waals surface area contributed by atoms with Crippen LogP contribution in [0.4, 0.5) is 21.9 Å². The van der Waals surface area contributed by atoms with Crippen molar-refractivity contribution in [2.45, 2.75) is 118 Å². The Morgan fingerprint density at radius 2 is 1.70 bits per heavy atom. The predicted molar refractivity (Wildman–Crippen MR) is 194 cm³/mol. The Kier molecular flexibility index (Phi) is 11.5. The molecular formula is C39H53FN6O. The van der Waals surface area contributed by atoms with Crippen LogP contribution in [-0.2, 0) is 0 Å². The van der Waals surface area contributed by atoms with Crippen molar-refractivity contribution in [2.75, 3.05) is 11.1 Å². The molecule has 2 fully saturated rings. The van der Waals surface area contributed by atoms with E-state index in [1.165, 1.54) is 70.2 Å². The number of hydrogen-bond acceptors (Lipinski definition) is 6. The SMILES string of the molecule is CCCC.CCCCC1CC1.Cc1cc(C)c2oc(Nc3ccc(-c4cn(C5CCC(C)CC5)c5ncnc(N)c45)cc3F)nc2c1. The molecule has 3 aromatic heterocycles. The van der Waals surface area contributed by atoms with E-state index in [1.54, 1.807) is 6.07 Å². The van der Waals surface area contributed by atoms with Gasteiger partial charge in [-0.15, -0.1) is 0 Å². The molecule has 2 aromatic carbocycles. The van der Waals surface area contributed by atoms with Crippen LogP contribution in [0.3, 0.4) is 0 Å². The lowest BCUT2D eigenvalue weighted by Crippen LogP contribution is -2.16. The summed E-state index contributed by atoms with van der Waals surface area (Å²) in [6, 6.07) is 9.67. The van der Waals surface area contributed by atoms with E-state index in [1.807, 2.05) is 32.0 Å². The molecule has 2 saturated carbocycles. The molecule has 2 aliphatic carbocycles. The average molecular weight is 641 g/mol. The largest absolute Gasteiger partial charge is 0.423 e. The van der Waals surface area contributed by atoms with Crippen LogP contribution in [0.2, 0.25) is 0 Å². The monoisotopic (exact) mass is 640 g/mol. The second-order valence-corrected chi connectivity index (χ2v) is 13.7. The summed E-state index contributed by atoms with van der Waals surface area (Å²) in [5, 5.41) is 3.75. The number of nitrogens with zero attached hydrogens (tertiary/aromatic N) is 4. The minimum atomic E-state index is -0.412. The maximum absolute atomic E-state index is 15.3. The first-order chi connectivity index (χ1) is 22.7. The molecule has 47 heavy (non-hydrogen) atoms. The van der Waals surface area contributed by atoms with Crippen molar-refractivity contribution >= 4 is 39.7 Å². The molecule has 3 N–H and O–H groups in total. The van der Waals surface area contributed by atoms with E-state index >= 15 is 4.39 Å². The molecule has 0 aliphatic heterocycles. The van der Waals surface area contributed by atoms with Gasteiger partial charge < -0.3 is 20.0 Å². The van der Waals surface area contributed by atoms with Gasteiger partial charge in [0.2, 0.25) is 0 Å². The highest BCUT2D eigenvalue weighted by molar-refractivity contribution is 6.00. The first kappa shape index (κ1) is 34.4. The first-order valence-corrected chi connectivity index (χ1v) is 17.8. The summed E-state index contributed by atoms with van der Waals surface area (Å²) in [6.45, 7) is 12.9. The van der Waals surface area contributed by atoms with Crippen LogP contribution in [0.25, 0.3) is 33.3 Å². The van der Waals surface area contributed by atoms with Crippen LogP contribution in [0.1, 0.15) is 115 Å². The third kappa shape index (κ3) is 8.51. The van der Waals surface area contributed by atoms with Gasteiger partial charge in [-0.1, -0.05) is 84.8 Å². The standard InChI is InChI=1S/C28H29FN6O.C7H14.C4H10/c1-15-4-7-19(8-5-15)35-13-20(24-26(30)31-14-32-27(24)35)18-6-9-22(21(29)12-18)33-28-34-23-11-16(2)10-17(3)25(23)36-28;1-2-3-4-7-5-6-7;1-3-4-2/h6,9-15,19H,4-5,7-8H2,1-3H3,(H,33,34)(H2,30,31,32);7H,2-6H2,1H3;3-4H2,1-2H3. The van der Waals surface area contributed by atoms with Gasteiger partial charge in [0.25, 0.3) is 6.01 Å². The normalized spacial score (nSPS) is 17.6. The Balaban J connectivity index is 0.000000338. The maximum Gasteiger partial charge on any atom is 0.300 e. The van der Waals surface area contributed by atoms with Gasteiger partial charge in [0.05, 0.1) is 11.1 Å². The molecule has 0 bridgehead atoms. The van der Waals surface area contributed by atoms with Crippen molar-refractivity contribution in [3.63, 3.8) is 0 Å². The topological polar surface area (TPSA) is 94.8 Å². The summed E-state index contributed by atoms with van der Waals surface area (Å²) in [4.78, 5) is 13.3. The fourth-order valence-corrected chi connectivity index (χ4v) is 6.35. The van der Waals surface area contributed by atoms with Gasteiger partial charge in [-0.25, -0.2) is 14.4 Å². The maximum atomic E-state index is 15.3. The van der Waals surface area contributed by atoms with Gasteiger partial charge in [-0.2, -0.15) is 4.98 Å². The first-order valence-electron chi connectivity index (χ1n) is 17.8. The second kappa shape index (κ2) is 15.8. The number of aryl methyl sites for hydroxylation is 2. The Hall–Kier alpha value is -3.94. The van der Waals surface area contributed by atoms with Gasteiger partial charge in [0.1, 0.15) is 29.1 Å². The predicted octanol–water partition coefficient (Wildman–Crippen LogP) is 11.5. The van der Waals surface area contributed by atoms with E-state index in [-0.39, 0.29) is 11.7 Å². The Bertz CT molecular complexity index is 1760. The highest BCUT2D eigenvalue weighted by Crippen LogP contribution is 2.40. The molecule has 0 atom stereocenters. The van der Waals surface area contributed by atoms with Gasteiger partial charge in [-0.3, -0.25) is 0 Å². The molecule has 252 valence electrons. The summed E-state index contributed by atoms with van der Waals surface area (Å²) in [7, 11) is 0. The number of aromatic nitrogens is 4. The molecule has 5 aromatic rings. The van der Waals surface area contributed by atoms with Crippen LogP contribution in [0.5, 0.6) is 0 Å². The van der Waals surface area contributed by atoms with Crippen molar-refractivity contribution in [3.8, 4) is 11.1 Å². The lowest BCUT2D eigenvalue weighted by atomic mass is 9.87. The average Bonchev–Trinajstić information content (AvgIpc) is 3.67. The number of rotatable bonds is 8. The lowest BCUT2D eigenvalue weighted by molar-refractivity contribution is 0.294. The quantitative estimate of drug-likeness (QED) is 0.175. The molecule has 8 heteroatoms. The number of hydrogen-bond donors (Lipinski definition) is 2. The summed E-state index contributed by atoms with van der Waals surface area (Å²) < 4.78 is 23.4. The van der Waals surface area contributed by atoms with Crippen LogP contribution in [-0.4, -0.2) is 19.5 Å². The molecular weight excluding hydrogens is 587 g/mol. The Labute approximate surface area is 279 Å². The third-order valence-electron chi connectivity index (χ3n) is 9.52. The van der Waals surface area contributed by atoms with E-state index < -0.39 is 5.82 Å². The summed E-state index contributed by atoms with van der Waals surface area (Å²) in [5.74, 6) is 1.88. The summed E-state index contributed by atoms with van der Waals surface area (Å²) in [5.41, 5.74) is 12.5. The number of nitrogens with two attached hydrogens (primary N) is 1. The summed E-state index contributed by atoms with van der Waals surface area (Å²) in [6.07, 6.45) is 18.2. The molecule has 0 spiro atoms. The molecule has 3 heterocycles. The van der Waals surface area contributed by atoms with E-state index in [2.05, 4.69) is 58.7 Å². The highest BCUT2D eigenvalue weighted by Gasteiger charge is 2.25. The fourth-order valence-electron chi connectivity index (χ4n) is 6.35. The number of unbranched alkanes of at least 4 members (excludes halogenated alkanes) is 2. The molecule has 7 nitrogen and oxygen atoms in total. The highest BCUT2D eigenvalue weighted by atomic mass is 19.1. The lowest BCUT2D eigenvalue weighted by Gasteiger charge is -2.27. The Morgan fingerprint density at radius 3 is 2.36 bits per heavy atom. The molecule has 0 amide bonds. The van der Waals surface area contributed by atoms with E-state index in [4.69, 9.17) is 10.2 Å². The van der Waals surface area contributed by atoms with Gasteiger partial charge in [0, 0.05) is 17.8 Å². The number of nitrogen functional groups attached to an aromatic ring is 1.